The molecule has 0 unspecified atom stereocenters. The zero-order valence-electron chi connectivity index (χ0n) is 14.3. The summed E-state index contributed by atoms with van der Waals surface area (Å²) in [4.78, 5) is 38.1. The smallest absolute Gasteiger partial charge is 0.237 e. The van der Waals surface area contributed by atoms with Crippen LogP contribution in [0.5, 0.6) is 0 Å². The summed E-state index contributed by atoms with van der Waals surface area (Å²) in [7, 11) is 0. The number of anilines is 1. The maximum absolute atomic E-state index is 12.5. The van der Waals surface area contributed by atoms with E-state index in [1.807, 2.05) is 24.3 Å². The molecule has 25 heavy (non-hydrogen) atoms. The van der Waals surface area contributed by atoms with Crippen molar-refractivity contribution in [1.82, 2.24) is 5.32 Å². The third kappa shape index (κ3) is 4.63. The Morgan fingerprint density at radius 3 is 2.68 bits per heavy atom. The number of amides is 2. The highest BCUT2D eigenvalue weighted by Crippen LogP contribution is 2.27. The molecule has 5 nitrogen and oxygen atoms in total. The Labute approximate surface area is 152 Å². The van der Waals surface area contributed by atoms with Gasteiger partial charge in [0.15, 0.2) is 0 Å². The molecule has 6 heteroatoms. The molecule has 2 aliphatic rings. The van der Waals surface area contributed by atoms with Crippen molar-refractivity contribution in [1.29, 1.82) is 0 Å². The summed E-state index contributed by atoms with van der Waals surface area (Å²) in [5, 5.41) is 2.55. The van der Waals surface area contributed by atoms with Gasteiger partial charge in [-0.1, -0.05) is 42.8 Å². The van der Waals surface area contributed by atoms with Gasteiger partial charge in [-0.3, -0.25) is 14.4 Å². The molecular weight excluding hydrogens is 336 g/mol. The number of nitrogens with one attached hydrogen (secondary N) is 1. The van der Waals surface area contributed by atoms with Gasteiger partial charge in [0.2, 0.25) is 16.9 Å². The van der Waals surface area contributed by atoms with Gasteiger partial charge in [-0.15, -0.1) is 0 Å². The van der Waals surface area contributed by atoms with E-state index in [-0.39, 0.29) is 35.1 Å². The van der Waals surface area contributed by atoms with Crippen LogP contribution in [0.25, 0.3) is 0 Å². The van der Waals surface area contributed by atoms with Crippen LogP contribution in [0.2, 0.25) is 0 Å². The molecule has 0 bridgehead atoms. The number of aryl methyl sites for hydroxylation is 1. The number of para-hydroxylation sites is 1. The maximum Gasteiger partial charge on any atom is 0.237 e. The van der Waals surface area contributed by atoms with Gasteiger partial charge in [0.25, 0.3) is 0 Å². The molecule has 0 radical (unpaired) electrons. The summed E-state index contributed by atoms with van der Waals surface area (Å²) in [6.45, 7) is 0.701. The minimum atomic E-state index is -0.162. The van der Waals surface area contributed by atoms with E-state index in [0.717, 1.165) is 56.0 Å². The lowest BCUT2D eigenvalue weighted by atomic mass is 10.0. The fourth-order valence-electron chi connectivity index (χ4n) is 3.56. The van der Waals surface area contributed by atoms with E-state index < -0.39 is 0 Å². The normalized spacial score (nSPS) is 17.2. The molecule has 134 valence electrons. The quantitative estimate of drug-likeness (QED) is 0.876. The van der Waals surface area contributed by atoms with Crippen LogP contribution < -0.4 is 10.2 Å². The molecule has 1 aromatic carbocycles. The van der Waals surface area contributed by atoms with Gasteiger partial charge in [0.05, 0.1) is 12.3 Å². The molecule has 1 heterocycles. The van der Waals surface area contributed by atoms with Crippen molar-refractivity contribution in [2.45, 2.75) is 38.5 Å². The highest BCUT2D eigenvalue weighted by atomic mass is 32.2. The first-order chi connectivity index (χ1) is 12.1. The van der Waals surface area contributed by atoms with Crippen molar-refractivity contribution in [3.63, 3.8) is 0 Å². The number of benzene rings is 1. The largest absolute Gasteiger partial charge is 0.348 e. The predicted octanol–water partition coefficient (Wildman–Crippen LogP) is 2.53. The molecular formula is C19H24N2O3S. The van der Waals surface area contributed by atoms with Crippen molar-refractivity contribution >= 4 is 34.4 Å². The van der Waals surface area contributed by atoms with Gasteiger partial charge in [0.1, 0.15) is 0 Å². The number of fused-ring (bicyclic) bond motifs is 1. The van der Waals surface area contributed by atoms with Crippen molar-refractivity contribution in [2.75, 3.05) is 23.7 Å². The first kappa shape index (κ1) is 18.0. The summed E-state index contributed by atoms with van der Waals surface area (Å²) in [6, 6.07) is 7.92. The summed E-state index contributed by atoms with van der Waals surface area (Å²) in [5.41, 5.74) is 2.14. The van der Waals surface area contributed by atoms with Gasteiger partial charge in [-0.25, -0.2) is 0 Å². The van der Waals surface area contributed by atoms with Crippen molar-refractivity contribution in [3.8, 4) is 0 Å². The predicted molar refractivity (Wildman–Crippen MR) is 99.5 cm³/mol. The van der Waals surface area contributed by atoms with Crippen LogP contribution in [0, 0.1) is 5.92 Å². The fourth-order valence-corrected chi connectivity index (χ4v) is 4.17. The molecule has 1 saturated carbocycles. The molecule has 3 rings (SSSR count). The van der Waals surface area contributed by atoms with Gasteiger partial charge in [-0.2, -0.15) is 0 Å². The molecule has 0 saturated heterocycles. The van der Waals surface area contributed by atoms with E-state index in [9.17, 15) is 14.4 Å². The summed E-state index contributed by atoms with van der Waals surface area (Å²) < 4.78 is 0. The van der Waals surface area contributed by atoms with Crippen LogP contribution in [0.3, 0.4) is 0 Å². The number of hydrogen-bond donors (Lipinski definition) is 1. The van der Waals surface area contributed by atoms with Crippen molar-refractivity contribution in [3.05, 3.63) is 29.8 Å². The molecule has 0 atom stereocenters. The Hall–Kier alpha value is -1.82. The van der Waals surface area contributed by atoms with Crippen LogP contribution in [-0.4, -0.2) is 35.8 Å². The molecule has 2 amide bonds. The SMILES string of the molecule is O=C(CNC(=O)C1CCCC1)SCC(=O)N1CCCc2ccccc21. The van der Waals surface area contributed by atoms with E-state index in [1.54, 1.807) is 4.90 Å². The Kier molecular flexibility index (Phi) is 6.13. The molecule has 0 spiro atoms. The van der Waals surface area contributed by atoms with E-state index in [4.69, 9.17) is 0 Å². The lowest BCUT2D eigenvalue weighted by Crippen LogP contribution is -2.37. The number of thioether (sulfide) groups is 1. The summed E-state index contributed by atoms with van der Waals surface area (Å²) in [6.07, 6.45) is 5.94. The number of carbonyl (C=O) groups is 3. The van der Waals surface area contributed by atoms with Crippen molar-refractivity contribution in [2.24, 2.45) is 5.92 Å². The van der Waals surface area contributed by atoms with E-state index in [0.29, 0.717) is 6.54 Å². The Bertz CT molecular complexity index is 656. The lowest BCUT2D eigenvalue weighted by Gasteiger charge is -2.29. The molecule has 1 aromatic rings. The molecule has 1 aliphatic carbocycles. The number of hydrogen-bond acceptors (Lipinski definition) is 4. The third-order valence-corrected chi connectivity index (χ3v) is 5.76. The monoisotopic (exact) mass is 360 g/mol. The molecule has 1 fully saturated rings. The summed E-state index contributed by atoms with van der Waals surface area (Å²) >= 11 is 0.993. The van der Waals surface area contributed by atoms with Crippen LogP contribution in [-0.2, 0) is 20.8 Å². The zero-order valence-corrected chi connectivity index (χ0v) is 15.1. The van der Waals surface area contributed by atoms with E-state index >= 15 is 0 Å². The fraction of sp³-hybridized carbons (Fsp3) is 0.526. The molecule has 0 aromatic heterocycles. The zero-order chi connectivity index (χ0) is 17.6. The Morgan fingerprint density at radius 1 is 1.12 bits per heavy atom. The van der Waals surface area contributed by atoms with Gasteiger partial charge < -0.3 is 10.2 Å². The van der Waals surface area contributed by atoms with Gasteiger partial charge >= 0.3 is 0 Å². The van der Waals surface area contributed by atoms with Crippen LogP contribution in [0.4, 0.5) is 5.69 Å². The highest BCUT2D eigenvalue weighted by molar-refractivity contribution is 8.14. The number of nitrogens with zero attached hydrogens (tertiary/aromatic N) is 1. The number of carbonyl (C=O) groups excluding carboxylic acids is 3. The summed E-state index contributed by atoms with van der Waals surface area (Å²) in [5.74, 6) is 0.103. The first-order valence-corrected chi connectivity index (χ1v) is 9.95. The average Bonchev–Trinajstić information content (AvgIpc) is 3.18. The van der Waals surface area contributed by atoms with E-state index in [2.05, 4.69) is 5.32 Å². The second-order valence-corrected chi connectivity index (χ2v) is 7.67. The minimum Gasteiger partial charge on any atom is -0.348 e. The minimum absolute atomic E-state index is 0.00384. The first-order valence-electron chi connectivity index (χ1n) is 8.97. The second-order valence-electron chi connectivity index (χ2n) is 6.64. The van der Waals surface area contributed by atoms with Crippen LogP contribution in [0.1, 0.15) is 37.7 Å². The highest BCUT2D eigenvalue weighted by Gasteiger charge is 2.24. The standard InChI is InChI=1S/C19H24N2O3S/c22-17(21-11-5-9-14-6-3-4-10-16(14)21)13-25-18(23)12-20-19(24)15-7-1-2-8-15/h3-4,6,10,15H,1-2,5,7-9,11-13H2,(H,20,24). The van der Waals surface area contributed by atoms with Crippen LogP contribution >= 0.6 is 11.8 Å². The third-order valence-electron chi connectivity index (χ3n) is 4.90. The van der Waals surface area contributed by atoms with Crippen molar-refractivity contribution < 1.29 is 14.4 Å². The van der Waals surface area contributed by atoms with Gasteiger partial charge in [0, 0.05) is 18.2 Å². The molecule has 1 aliphatic heterocycles. The maximum atomic E-state index is 12.5. The number of rotatable bonds is 5. The van der Waals surface area contributed by atoms with Crippen LogP contribution in [0.15, 0.2) is 24.3 Å². The average molecular weight is 360 g/mol. The lowest BCUT2D eigenvalue weighted by molar-refractivity contribution is -0.126. The topological polar surface area (TPSA) is 66.5 Å². The second kappa shape index (κ2) is 8.52. The Balaban J connectivity index is 1.44. The molecule has 1 N–H and O–H groups in total. The Morgan fingerprint density at radius 2 is 1.88 bits per heavy atom. The van der Waals surface area contributed by atoms with E-state index in [1.165, 1.54) is 5.56 Å². The van der Waals surface area contributed by atoms with Gasteiger partial charge in [-0.05, 0) is 37.3 Å².